The number of unbranched alkanes of at least 4 members (excludes halogenated alkanes) is 32. The van der Waals surface area contributed by atoms with Gasteiger partial charge in [0.1, 0.15) is 11.7 Å². The number of hydrogen-bond donors (Lipinski definition) is 6. The van der Waals surface area contributed by atoms with Crippen LogP contribution in [0.2, 0.25) is 0 Å². The fourth-order valence-electron chi connectivity index (χ4n) is 11.5. The number of carbonyl (C=O) groups is 4. The van der Waals surface area contributed by atoms with E-state index in [2.05, 4.69) is 70.2 Å². The Morgan fingerprint density at radius 1 is 0.360 bits per heavy atom. The molecule has 11 heteroatoms. The summed E-state index contributed by atoms with van der Waals surface area (Å²) >= 11 is 0. The molecular formula is C75H136O11. The molecule has 0 aliphatic carbocycles. The first kappa shape index (κ1) is 83.2. The van der Waals surface area contributed by atoms with Gasteiger partial charge in [0.05, 0.1) is 24.9 Å². The van der Waals surface area contributed by atoms with Crippen LogP contribution < -0.4 is 0 Å². The van der Waals surface area contributed by atoms with Crippen LogP contribution in [0.5, 0.6) is 0 Å². The number of aliphatic hydroxyl groups is 6. The molecule has 1 unspecified atom stereocenters. The Morgan fingerprint density at radius 3 is 1.02 bits per heavy atom. The van der Waals surface area contributed by atoms with Crippen LogP contribution in [0.25, 0.3) is 0 Å². The van der Waals surface area contributed by atoms with Gasteiger partial charge in [-0.1, -0.05) is 256 Å². The smallest absolute Gasteiger partial charge is 0.307 e. The molecule has 0 aromatic heterocycles. The average Bonchev–Trinajstić information content (AvgIpc) is 2.20. The standard InChI is InChI=1S/C75H136O11/c1-5-9-13-41-53-66(77)56-44-33-25-17-20-28-36-47-59-69(80)74(85,63-51-16-12-8-4)64-52-40-32-24-23-31-39-50-62-73(84)86-75(72(83)65-76,70(81)60-48-37-29-21-18-26-34-45-57-67(78)54-42-14-10-6-2)71(82)61-49-38-30-22-19-27-35-46-58-68(79)55-43-15-11-7-3/h33-35,40,44-46,52,66-68,72,76-79,83,85H,5-32,36-39,41-43,47-51,53-65H2,1-4H3/b44-33-,45-34-,46-35-,52-40-/t66-,67-,68-,72?,74-/m1/s1. The molecule has 6 N–H and O–H groups in total. The molecule has 0 heterocycles. The van der Waals surface area contributed by atoms with Gasteiger partial charge < -0.3 is 35.4 Å². The third kappa shape index (κ3) is 46.3. The summed E-state index contributed by atoms with van der Waals surface area (Å²) in [6, 6.07) is 0. The summed E-state index contributed by atoms with van der Waals surface area (Å²) in [5.41, 5.74) is -3.78. The number of ether oxygens (including phenoxy) is 1. The molecule has 0 saturated heterocycles. The molecule has 0 aliphatic rings. The van der Waals surface area contributed by atoms with Crippen molar-refractivity contribution < 1.29 is 54.6 Å². The molecule has 0 rings (SSSR count). The van der Waals surface area contributed by atoms with Crippen LogP contribution in [0.15, 0.2) is 48.6 Å². The molecule has 11 nitrogen and oxygen atoms in total. The van der Waals surface area contributed by atoms with Crippen LogP contribution in [0.4, 0.5) is 0 Å². The van der Waals surface area contributed by atoms with Gasteiger partial charge in [0, 0.05) is 32.1 Å². The van der Waals surface area contributed by atoms with E-state index in [0.29, 0.717) is 51.4 Å². The molecule has 86 heavy (non-hydrogen) atoms. The summed E-state index contributed by atoms with van der Waals surface area (Å²) in [6.45, 7) is 7.83. The largest absolute Gasteiger partial charge is 0.440 e. The lowest BCUT2D eigenvalue weighted by Crippen LogP contribution is -2.60. The minimum Gasteiger partial charge on any atom is -0.440 e. The molecule has 0 amide bonds. The predicted molar refractivity (Wildman–Crippen MR) is 359 cm³/mol. The van der Waals surface area contributed by atoms with Crippen LogP contribution in [0.3, 0.4) is 0 Å². The van der Waals surface area contributed by atoms with E-state index in [4.69, 9.17) is 4.74 Å². The van der Waals surface area contributed by atoms with Gasteiger partial charge in [-0.2, -0.15) is 0 Å². The van der Waals surface area contributed by atoms with Crippen LogP contribution in [-0.4, -0.2) is 96.2 Å². The van der Waals surface area contributed by atoms with Crippen molar-refractivity contribution in [3.8, 4) is 0 Å². The van der Waals surface area contributed by atoms with Gasteiger partial charge in [-0.3, -0.25) is 19.2 Å². The van der Waals surface area contributed by atoms with Gasteiger partial charge >= 0.3 is 5.97 Å². The van der Waals surface area contributed by atoms with E-state index < -0.39 is 41.4 Å². The highest BCUT2D eigenvalue weighted by atomic mass is 16.6. The van der Waals surface area contributed by atoms with Gasteiger partial charge in [-0.25, -0.2) is 0 Å². The Bertz CT molecular complexity index is 1650. The second-order valence-electron chi connectivity index (χ2n) is 25.6. The SMILES string of the molecule is CCCCCC[C@@H](O)C/C=C\CCCCCCCC(=O)C(OC(=O)CCCCCCC/C=C\C[C@](O)(CCCCCC)C(=O)CCCCCCC/C=C\C[C@H](O)CCCCCC)(C(=O)CCCCCCC/C=C\C[C@H](O)CCCCCC)C(O)CO. The van der Waals surface area contributed by atoms with Gasteiger partial charge in [-0.05, 0) is 122 Å². The van der Waals surface area contributed by atoms with Crippen molar-refractivity contribution in [2.75, 3.05) is 6.61 Å². The van der Waals surface area contributed by atoms with E-state index in [1.54, 1.807) is 0 Å². The van der Waals surface area contributed by atoms with Crippen molar-refractivity contribution in [3.05, 3.63) is 48.6 Å². The van der Waals surface area contributed by atoms with E-state index in [1.165, 1.54) is 44.9 Å². The first-order valence-corrected chi connectivity index (χ1v) is 36.2. The van der Waals surface area contributed by atoms with Gasteiger partial charge in [0.25, 0.3) is 5.60 Å². The Morgan fingerprint density at radius 2 is 0.663 bits per heavy atom. The molecule has 0 aliphatic heterocycles. The Kier molecular flexibility index (Phi) is 57.9. The highest BCUT2D eigenvalue weighted by molar-refractivity contribution is 6.12. The molecule has 0 bridgehead atoms. The number of allylic oxidation sites excluding steroid dienone is 4. The quantitative estimate of drug-likeness (QED) is 0.0147. The molecule has 0 radical (unpaired) electrons. The van der Waals surface area contributed by atoms with Gasteiger partial charge in [0.2, 0.25) is 0 Å². The summed E-state index contributed by atoms with van der Waals surface area (Å²) in [5.74, 6) is -2.08. The number of aliphatic hydroxyl groups excluding tert-OH is 5. The first-order valence-electron chi connectivity index (χ1n) is 36.2. The lowest BCUT2D eigenvalue weighted by molar-refractivity contribution is -0.188. The monoisotopic (exact) mass is 1210 g/mol. The second kappa shape index (κ2) is 59.8. The van der Waals surface area contributed by atoms with Crippen molar-refractivity contribution in [2.45, 2.75) is 397 Å². The zero-order valence-electron chi connectivity index (χ0n) is 56.1. The minimum absolute atomic E-state index is 0.0204. The van der Waals surface area contributed by atoms with Crippen LogP contribution in [-0.2, 0) is 23.9 Å². The average molecular weight is 1210 g/mol. The Hall–Kier alpha value is -2.80. The summed E-state index contributed by atoms with van der Waals surface area (Å²) in [6.07, 6.45) is 58.5. The molecule has 0 saturated carbocycles. The van der Waals surface area contributed by atoms with Crippen molar-refractivity contribution in [1.29, 1.82) is 0 Å². The first-order chi connectivity index (χ1) is 41.8. The summed E-state index contributed by atoms with van der Waals surface area (Å²) in [7, 11) is 0. The highest BCUT2D eigenvalue weighted by Crippen LogP contribution is 2.29. The Labute approximate surface area is 528 Å². The van der Waals surface area contributed by atoms with Crippen LogP contribution in [0, 0.1) is 0 Å². The lowest BCUT2D eigenvalue weighted by atomic mass is 9.82. The highest BCUT2D eigenvalue weighted by Gasteiger charge is 2.53. The Balaban J connectivity index is 5.23. The third-order valence-electron chi connectivity index (χ3n) is 17.3. The number of carbonyl (C=O) groups excluding carboxylic acids is 4. The zero-order valence-corrected chi connectivity index (χ0v) is 56.1. The van der Waals surface area contributed by atoms with Crippen LogP contribution in [0.1, 0.15) is 362 Å². The maximum atomic E-state index is 14.1. The minimum atomic E-state index is -2.45. The summed E-state index contributed by atoms with van der Waals surface area (Å²) < 4.78 is 5.84. The van der Waals surface area contributed by atoms with E-state index in [9.17, 15) is 49.8 Å². The maximum absolute atomic E-state index is 14.1. The molecule has 5 atom stereocenters. The molecular weight excluding hydrogens is 1080 g/mol. The van der Waals surface area contributed by atoms with Crippen molar-refractivity contribution >= 4 is 23.3 Å². The molecule has 0 aromatic rings. The summed E-state index contributed by atoms with van der Waals surface area (Å²) in [4.78, 5) is 55.3. The number of rotatable bonds is 66. The van der Waals surface area contributed by atoms with Crippen molar-refractivity contribution in [2.24, 2.45) is 0 Å². The van der Waals surface area contributed by atoms with E-state index in [0.717, 1.165) is 218 Å². The third-order valence-corrected chi connectivity index (χ3v) is 17.3. The normalized spacial score (nSPS) is 14.4. The van der Waals surface area contributed by atoms with Crippen molar-refractivity contribution in [3.63, 3.8) is 0 Å². The van der Waals surface area contributed by atoms with Crippen molar-refractivity contribution in [1.82, 2.24) is 0 Å². The number of Topliss-reactive ketones (excluding diaryl/α,β-unsaturated/α-hetero) is 3. The van der Waals surface area contributed by atoms with E-state index in [-0.39, 0.29) is 43.4 Å². The molecule has 0 fully saturated rings. The molecule has 502 valence electrons. The molecule has 0 aromatic carbocycles. The second-order valence-corrected chi connectivity index (χ2v) is 25.6. The summed E-state index contributed by atoms with van der Waals surface area (Å²) in [5, 5.41) is 63.9. The topological polar surface area (TPSA) is 199 Å². The fourth-order valence-corrected chi connectivity index (χ4v) is 11.5. The molecule has 0 spiro atoms. The zero-order chi connectivity index (χ0) is 63.5. The van der Waals surface area contributed by atoms with E-state index >= 15 is 0 Å². The number of esters is 1. The maximum Gasteiger partial charge on any atom is 0.307 e. The fraction of sp³-hybridized carbons (Fsp3) is 0.840. The van der Waals surface area contributed by atoms with Crippen LogP contribution >= 0.6 is 0 Å². The number of hydrogen-bond acceptors (Lipinski definition) is 11. The number of ketones is 3. The predicted octanol–water partition coefficient (Wildman–Crippen LogP) is 18.7. The lowest BCUT2D eigenvalue weighted by Gasteiger charge is -2.34. The van der Waals surface area contributed by atoms with Gasteiger partial charge in [0.15, 0.2) is 17.3 Å². The van der Waals surface area contributed by atoms with E-state index in [1.807, 2.05) is 6.08 Å². The van der Waals surface area contributed by atoms with Gasteiger partial charge in [-0.15, -0.1) is 0 Å².